The Hall–Kier alpha value is -1.23. The smallest absolute Gasteiger partial charge is 0.311 e. The summed E-state index contributed by atoms with van der Waals surface area (Å²) in [5, 5.41) is -0.0462. The van der Waals surface area contributed by atoms with Gasteiger partial charge >= 0.3 is 6.18 Å². The summed E-state index contributed by atoms with van der Waals surface area (Å²) in [6.07, 6.45) is -3.30. The monoisotopic (exact) mass is 263 g/mol. The molecule has 1 fully saturated rings. The number of carbonyl (C=O) groups is 1. The molecule has 1 aliphatic rings. The van der Waals surface area contributed by atoms with Gasteiger partial charge in [-0.3, -0.25) is 4.79 Å². The summed E-state index contributed by atoms with van der Waals surface area (Å²) in [5.41, 5.74) is -0.458. The molecule has 0 N–H and O–H groups in total. The Kier molecular flexibility index (Phi) is 3.03. The van der Waals surface area contributed by atoms with Gasteiger partial charge in [0.25, 0.3) is 0 Å². The third-order valence-electron chi connectivity index (χ3n) is 2.64. The SMILES string of the molecule is O=C1CCCN1c1ccc(C(F)(F)F)cc1Cl. The zero-order valence-electron chi connectivity index (χ0n) is 8.72. The Labute approximate surface area is 101 Å². The van der Waals surface area contributed by atoms with Gasteiger partial charge in [0.1, 0.15) is 0 Å². The Morgan fingerprint density at radius 3 is 2.47 bits per heavy atom. The van der Waals surface area contributed by atoms with Crippen LogP contribution in [0.25, 0.3) is 0 Å². The summed E-state index contributed by atoms with van der Waals surface area (Å²) in [6.45, 7) is 0.504. The van der Waals surface area contributed by atoms with Crippen LogP contribution in [0.15, 0.2) is 18.2 Å². The summed E-state index contributed by atoms with van der Waals surface area (Å²) < 4.78 is 37.2. The van der Waals surface area contributed by atoms with Gasteiger partial charge in [0.2, 0.25) is 5.91 Å². The van der Waals surface area contributed by atoms with E-state index in [0.29, 0.717) is 25.1 Å². The largest absolute Gasteiger partial charge is 0.416 e. The van der Waals surface area contributed by atoms with Crippen LogP contribution in [0, 0.1) is 0 Å². The number of hydrogen-bond donors (Lipinski definition) is 0. The molecule has 0 spiro atoms. The average molecular weight is 264 g/mol. The van der Waals surface area contributed by atoms with E-state index in [-0.39, 0.29) is 10.9 Å². The number of hydrogen-bond acceptors (Lipinski definition) is 1. The van der Waals surface area contributed by atoms with E-state index in [1.54, 1.807) is 0 Å². The fraction of sp³-hybridized carbons (Fsp3) is 0.364. The molecule has 0 atom stereocenters. The molecule has 1 aliphatic heterocycles. The molecule has 0 radical (unpaired) electrons. The number of benzene rings is 1. The van der Waals surface area contributed by atoms with E-state index >= 15 is 0 Å². The molecular weight excluding hydrogens is 255 g/mol. The van der Waals surface area contributed by atoms with E-state index in [0.717, 1.165) is 12.1 Å². The fourth-order valence-electron chi connectivity index (χ4n) is 1.80. The molecule has 0 saturated carbocycles. The average Bonchev–Trinajstić information content (AvgIpc) is 2.63. The number of nitrogens with zero attached hydrogens (tertiary/aromatic N) is 1. The lowest BCUT2D eigenvalue weighted by Crippen LogP contribution is -2.24. The summed E-state index contributed by atoms with van der Waals surface area (Å²) in [4.78, 5) is 12.9. The first kappa shape index (κ1) is 12.2. The van der Waals surface area contributed by atoms with Gasteiger partial charge in [0.15, 0.2) is 0 Å². The minimum Gasteiger partial charge on any atom is -0.311 e. The van der Waals surface area contributed by atoms with Crippen molar-refractivity contribution >= 4 is 23.2 Å². The third-order valence-corrected chi connectivity index (χ3v) is 2.94. The quantitative estimate of drug-likeness (QED) is 0.760. The van der Waals surface area contributed by atoms with Crippen molar-refractivity contribution in [3.63, 3.8) is 0 Å². The van der Waals surface area contributed by atoms with E-state index < -0.39 is 11.7 Å². The second-order valence-electron chi connectivity index (χ2n) is 3.81. The van der Waals surface area contributed by atoms with E-state index in [2.05, 4.69) is 0 Å². The van der Waals surface area contributed by atoms with Crippen LogP contribution in [-0.2, 0) is 11.0 Å². The molecule has 92 valence electrons. The second-order valence-corrected chi connectivity index (χ2v) is 4.22. The van der Waals surface area contributed by atoms with E-state index in [1.807, 2.05) is 0 Å². The van der Waals surface area contributed by atoms with Crippen molar-refractivity contribution in [2.24, 2.45) is 0 Å². The number of carbonyl (C=O) groups excluding carboxylic acids is 1. The fourth-order valence-corrected chi connectivity index (χ4v) is 2.09. The van der Waals surface area contributed by atoms with Crippen molar-refractivity contribution in [2.75, 3.05) is 11.4 Å². The zero-order chi connectivity index (χ0) is 12.6. The minimum absolute atomic E-state index is 0.0462. The molecule has 2 nitrogen and oxygen atoms in total. The molecule has 1 aromatic carbocycles. The molecule has 1 heterocycles. The maximum Gasteiger partial charge on any atom is 0.416 e. The Bertz CT molecular complexity index is 459. The van der Waals surface area contributed by atoms with Crippen LogP contribution in [-0.4, -0.2) is 12.5 Å². The van der Waals surface area contributed by atoms with Crippen LogP contribution < -0.4 is 4.90 Å². The van der Waals surface area contributed by atoms with Crippen LogP contribution in [0.1, 0.15) is 18.4 Å². The van der Waals surface area contributed by atoms with Crippen LogP contribution in [0.4, 0.5) is 18.9 Å². The highest BCUT2D eigenvalue weighted by atomic mass is 35.5. The van der Waals surface area contributed by atoms with Gasteiger partial charge in [-0.15, -0.1) is 0 Å². The van der Waals surface area contributed by atoms with Gasteiger partial charge < -0.3 is 4.90 Å². The number of anilines is 1. The molecule has 0 unspecified atom stereocenters. The predicted octanol–water partition coefficient (Wildman–Crippen LogP) is 3.49. The first-order valence-electron chi connectivity index (χ1n) is 5.07. The first-order chi connectivity index (χ1) is 7.89. The molecule has 0 bridgehead atoms. The Morgan fingerprint density at radius 1 is 1.29 bits per heavy atom. The molecular formula is C11H9ClF3NO. The van der Waals surface area contributed by atoms with E-state index in [9.17, 15) is 18.0 Å². The topological polar surface area (TPSA) is 20.3 Å². The Balaban J connectivity index is 2.35. The molecule has 1 amide bonds. The van der Waals surface area contributed by atoms with E-state index in [4.69, 9.17) is 11.6 Å². The number of amides is 1. The van der Waals surface area contributed by atoms with Crippen LogP contribution in [0.3, 0.4) is 0 Å². The highest BCUT2D eigenvalue weighted by Crippen LogP contribution is 2.36. The number of halogens is 4. The highest BCUT2D eigenvalue weighted by molar-refractivity contribution is 6.34. The molecule has 0 aliphatic carbocycles. The maximum absolute atomic E-state index is 12.4. The standard InChI is InChI=1S/C11H9ClF3NO/c12-8-6-7(11(13,14)15)3-4-9(8)16-5-1-2-10(16)17/h3-4,6H,1-2,5H2. The lowest BCUT2D eigenvalue weighted by atomic mass is 10.2. The van der Waals surface area contributed by atoms with Gasteiger partial charge in [-0.25, -0.2) is 0 Å². The van der Waals surface area contributed by atoms with Gasteiger partial charge in [0.05, 0.1) is 16.3 Å². The van der Waals surface area contributed by atoms with Gasteiger partial charge in [-0.1, -0.05) is 11.6 Å². The molecule has 1 aromatic rings. The molecule has 6 heteroatoms. The predicted molar refractivity (Wildman–Crippen MR) is 58.0 cm³/mol. The van der Waals surface area contributed by atoms with Crippen molar-refractivity contribution in [3.8, 4) is 0 Å². The number of rotatable bonds is 1. The summed E-state index contributed by atoms with van der Waals surface area (Å²) in [6, 6.07) is 3.03. The Morgan fingerprint density at radius 2 is 2.00 bits per heavy atom. The molecule has 1 saturated heterocycles. The van der Waals surface area contributed by atoms with Crippen molar-refractivity contribution in [2.45, 2.75) is 19.0 Å². The lowest BCUT2D eigenvalue weighted by Gasteiger charge is -2.18. The second kappa shape index (κ2) is 4.22. The summed E-state index contributed by atoms with van der Waals surface area (Å²) in [5.74, 6) is -0.105. The highest BCUT2D eigenvalue weighted by Gasteiger charge is 2.32. The maximum atomic E-state index is 12.4. The lowest BCUT2D eigenvalue weighted by molar-refractivity contribution is -0.137. The van der Waals surface area contributed by atoms with E-state index in [1.165, 1.54) is 11.0 Å². The van der Waals surface area contributed by atoms with Crippen molar-refractivity contribution in [1.29, 1.82) is 0 Å². The van der Waals surface area contributed by atoms with Crippen LogP contribution in [0.5, 0.6) is 0 Å². The van der Waals surface area contributed by atoms with Gasteiger partial charge in [-0.2, -0.15) is 13.2 Å². The molecule has 0 aromatic heterocycles. The normalized spacial score (nSPS) is 16.7. The summed E-state index contributed by atoms with van der Waals surface area (Å²) >= 11 is 5.79. The minimum atomic E-state index is -4.42. The van der Waals surface area contributed by atoms with Crippen molar-refractivity contribution in [3.05, 3.63) is 28.8 Å². The molecule has 17 heavy (non-hydrogen) atoms. The van der Waals surface area contributed by atoms with Crippen molar-refractivity contribution < 1.29 is 18.0 Å². The summed E-state index contributed by atoms with van der Waals surface area (Å²) in [7, 11) is 0. The van der Waals surface area contributed by atoms with Crippen molar-refractivity contribution in [1.82, 2.24) is 0 Å². The van der Waals surface area contributed by atoms with Gasteiger partial charge in [0, 0.05) is 13.0 Å². The molecule has 2 rings (SSSR count). The van der Waals surface area contributed by atoms with Crippen LogP contribution >= 0.6 is 11.6 Å². The number of alkyl halides is 3. The third kappa shape index (κ3) is 2.39. The van der Waals surface area contributed by atoms with Crippen LogP contribution in [0.2, 0.25) is 5.02 Å². The van der Waals surface area contributed by atoms with Gasteiger partial charge in [-0.05, 0) is 24.6 Å². The zero-order valence-corrected chi connectivity index (χ0v) is 9.48. The first-order valence-corrected chi connectivity index (χ1v) is 5.44.